The minimum atomic E-state index is -3.24. The van der Waals surface area contributed by atoms with Crippen LogP contribution in [0.3, 0.4) is 0 Å². The van der Waals surface area contributed by atoms with Crippen molar-refractivity contribution in [3.05, 3.63) is 53.7 Å². The molecule has 3 aliphatic rings. The topological polar surface area (TPSA) is 176 Å². The Balaban J connectivity index is 1.32. The molecule has 3 aliphatic heterocycles. The van der Waals surface area contributed by atoms with E-state index in [1.54, 1.807) is 30.0 Å². The quantitative estimate of drug-likeness (QED) is 0.325. The van der Waals surface area contributed by atoms with Crippen LogP contribution in [0, 0.1) is 12.8 Å². The first kappa shape index (κ1) is 28.1. The summed E-state index contributed by atoms with van der Waals surface area (Å²) in [4.78, 5) is 60.9. The number of para-hydroxylation sites is 1. The fourth-order valence-corrected chi connectivity index (χ4v) is 8.65. The van der Waals surface area contributed by atoms with E-state index in [9.17, 15) is 22.8 Å². The summed E-state index contributed by atoms with van der Waals surface area (Å²) in [6.45, 7) is 5.78. The van der Waals surface area contributed by atoms with E-state index in [2.05, 4.69) is 25.3 Å². The highest BCUT2D eigenvalue weighted by Crippen LogP contribution is 2.53. The number of hydrogen-bond acceptors (Lipinski definition) is 9. The molecule has 44 heavy (non-hydrogen) atoms. The van der Waals surface area contributed by atoms with E-state index in [0.29, 0.717) is 58.3 Å². The van der Waals surface area contributed by atoms with Gasteiger partial charge in [-0.2, -0.15) is 9.78 Å². The van der Waals surface area contributed by atoms with E-state index in [-0.39, 0.29) is 42.2 Å². The van der Waals surface area contributed by atoms with Crippen molar-refractivity contribution in [2.24, 2.45) is 5.92 Å². The van der Waals surface area contributed by atoms with Gasteiger partial charge in [0.25, 0.3) is 0 Å². The molecule has 6 heterocycles. The normalized spacial score (nSPS) is 22.1. The van der Waals surface area contributed by atoms with Gasteiger partial charge in [-0.05, 0) is 30.9 Å². The predicted molar refractivity (Wildman–Crippen MR) is 160 cm³/mol. The lowest BCUT2D eigenvalue weighted by Crippen LogP contribution is -2.51. The maximum absolute atomic E-state index is 14.7. The second-order valence-electron chi connectivity index (χ2n) is 12.1. The van der Waals surface area contributed by atoms with Gasteiger partial charge in [0.2, 0.25) is 17.7 Å². The van der Waals surface area contributed by atoms with Crippen molar-refractivity contribution >= 4 is 50.2 Å². The molecule has 3 amide bonds. The molecule has 0 unspecified atom stereocenters. The highest BCUT2D eigenvalue weighted by Gasteiger charge is 2.58. The van der Waals surface area contributed by atoms with Crippen LogP contribution in [-0.4, -0.2) is 91.4 Å². The van der Waals surface area contributed by atoms with E-state index >= 15 is 0 Å². The van der Waals surface area contributed by atoms with Crippen LogP contribution in [0.2, 0.25) is 0 Å². The molecule has 1 fully saturated rings. The molecule has 4 aromatic rings. The van der Waals surface area contributed by atoms with Gasteiger partial charge in [0.1, 0.15) is 29.6 Å². The lowest BCUT2D eigenvalue weighted by atomic mass is 9.70. The van der Waals surface area contributed by atoms with E-state index in [4.69, 9.17) is 5.10 Å². The average molecular weight is 618 g/mol. The summed E-state index contributed by atoms with van der Waals surface area (Å²) >= 11 is 0. The number of aryl methyl sites for hydroxylation is 1. The summed E-state index contributed by atoms with van der Waals surface area (Å²) < 4.78 is 26.1. The van der Waals surface area contributed by atoms with Crippen molar-refractivity contribution < 1.29 is 22.8 Å². The summed E-state index contributed by atoms with van der Waals surface area (Å²) in [6, 6.07) is 6.72. The second-order valence-corrected chi connectivity index (χ2v) is 14.3. The van der Waals surface area contributed by atoms with E-state index < -0.39 is 27.2 Å². The number of carbonyl (C=O) groups is 3. The summed E-state index contributed by atoms with van der Waals surface area (Å²) in [5, 5.41) is 7.64. The number of imidazole rings is 1. The third-order valence-electron chi connectivity index (χ3n) is 8.66. The summed E-state index contributed by atoms with van der Waals surface area (Å²) in [6.07, 6.45) is 3.03. The molecule has 3 aromatic heterocycles. The zero-order valence-corrected chi connectivity index (χ0v) is 25.3. The van der Waals surface area contributed by atoms with Crippen LogP contribution in [0.25, 0.3) is 17.0 Å². The molecule has 1 saturated heterocycles. The molecule has 7 rings (SSSR count). The Bertz CT molecular complexity index is 1970. The number of carbonyl (C=O) groups excluding carboxylic acids is 3. The van der Waals surface area contributed by atoms with Crippen LogP contribution in [0.5, 0.6) is 0 Å². The van der Waals surface area contributed by atoms with Crippen molar-refractivity contribution in [2.45, 2.75) is 45.1 Å². The SMILES string of the molecule is Cc1nn(-c2ncnc3nc[nH]c23)c2c1[C@]1(CC(=O)N2)C(=O)N(CC(=O)N(CC(C)C)[C@@H]2CCS(=O)(=O)C2)c2ccccc21. The fraction of sp³-hybridized carbons (Fsp3) is 0.414. The van der Waals surface area contributed by atoms with E-state index in [0.717, 1.165) is 0 Å². The van der Waals surface area contributed by atoms with Gasteiger partial charge >= 0.3 is 0 Å². The molecule has 15 heteroatoms. The van der Waals surface area contributed by atoms with Crippen LogP contribution in [0.4, 0.5) is 11.5 Å². The Kier molecular flexibility index (Phi) is 6.35. The van der Waals surface area contributed by atoms with Crippen molar-refractivity contribution in [3.63, 3.8) is 0 Å². The van der Waals surface area contributed by atoms with Crippen LogP contribution in [-0.2, 0) is 29.6 Å². The van der Waals surface area contributed by atoms with Gasteiger partial charge in [0.15, 0.2) is 21.3 Å². The lowest BCUT2D eigenvalue weighted by Gasteiger charge is -2.34. The summed E-state index contributed by atoms with van der Waals surface area (Å²) in [7, 11) is -3.24. The Hall–Kier alpha value is -4.66. The van der Waals surface area contributed by atoms with Crippen molar-refractivity contribution in [3.8, 4) is 5.82 Å². The first-order valence-electron chi connectivity index (χ1n) is 14.5. The lowest BCUT2D eigenvalue weighted by molar-refractivity contribution is -0.134. The molecule has 1 aromatic carbocycles. The number of sulfone groups is 1. The van der Waals surface area contributed by atoms with E-state index in [1.165, 1.54) is 22.2 Å². The van der Waals surface area contributed by atoms with Gasteiger partial charge in [-0.3, -0.25) is 14.4 Å². The Morgan fingerprint density at radius 1 is 1.18 bits per heavy atom. The van der Waals surface area contributed by atoms with Crippen molar-refractivity contribution in [2.75, 3.05) is 34.8 Å². The molecule has 2 N–H and O–H groups in total. The molecule has 0 radical (unpaired) electrons. The predicted octanol–water partition coefficient (Wildman–Crippen LogP) is 1.49. The van der Waals surface area contributed by atoms with Crippen molar-refractivity contribution in [1.82, 2.24) is 34.6 Å². The number of H-pyrrole nitrogens is 1. The molecule has 0 saturated carbocycles. The number of amides is 3. The van der Waals surface area contributed by atoms with Gasteiger partial charge in [-0.15, -0.1) is 0 Å². The molecule has 2 atom stereocenters. The molecule has 0 aliphatic carbocycles. The molecule has 228 valence electrons. The maximum atomic E-state index is 14.7. The van der Waals surface area contributed by atoms with Gasteiger partial charge in [0, 0.05) is 30.3 Å². The largest absolute Gasteiger partial charge is 0.340 e. The summed E-state index contributed by atoms with van der Waals surface area (Å²) in [5.41, 5.74) is 1.66. The number of nitrogens with zero attached hydrogens (tertiary/aromatic N) is 7. The highest BCUT2D eigenvalue weighted by atomic mass is 32.2. The van der Waals surface area contributed by atoms with Gasteiger partial charge < -0.3 is 20.1 Å². The Morgan fingerprint density at radius 3 is 2.73 bits per heavy atom. The Labute approximate surface area is 252 Å². The van der Waals surface area contributed by atoms with E-state index in [1.807, 2.05) is 19.9 Å². The standard InChI is InChI=1S/C29H31N9O5S/c1-16(2)11-36(18-8-9-44(42,43)13-18)22(40)12-37-20-7-5-4-6-19(20)29(28(37)41)10-21(39)34-26-23(29)17(3)35-38(26)27-24-25(31-14-30-24)32-15-33-27/h4-7,14-16,18H,8-13H2,1-3H3,(H,34,39)(H,30,31,32,33)/t18-,29-/m1/s1. The van der Waals surface area contributed by atoms with Gasteiger partial charge in [-0.1, -0.05) is 32.0 Å². The molecule has 0 bridgehead atoms. The van der Waals surface area contributed by atoms with Crippen LogP contribution in [0.15, 0.2) is 36.9 Å². The number of anilines is 2. The van der Waals surface area contributed by atoms with Crippen molar-refractivity contribution in [1.29, 1.82) is 0 Å². The number of nitrogens with one attached hydrogen (secondary N) is 2. The molecule has 1 spiro atoms. The number of benzene rings is 1. The van der Waals surface area contributed by atoms with Crippen LogP contribution in [0.1, 0.15) is 43.5 Å². The number of rotatable bonds is 6. The maximum Gasteiger partial charge on any atom is 0.243 e. The highest BCUT2D eigenvalue weighted by molar-refractivity contribution is 7.91. The number of fused-ring (bicyclic) bond motifs is 5. The third kappa shape index (κ3) is 4.20. The molecule has 14 nitrogen and oxygen atoms in total. The minimum absolute atomic E-state index is 0.0342. The first-order chi connectivity index (χ1) is 21.0. The monoisotopic (exact) mass is 617 g/mol. The molecular formula is C29H31N9O5S. The number of aromatic nitrogens is 6. The van der Waals surface area contributed by atoms with Gasteiger partial charge in [-0.25, -0.2) is 23.4 Å². The fourth-order valence-electron chi connectivity index (χ4n) is 6.91. The first-order valence-corrected chi connectivity index (χ1v) is 16.3. The number of hydrogen-bond donors (Lipinski definition) is 2. The number of aromatic amines is 1. The third-order valence-corrected chi connectivity index (χ3v) is 10.4. The van der Waals surface area contributed by atoms with Crippen LogP contribution < -0.4 is 10.2 Å². The Morgan fingerprint density at radius 2 is 1.98 bits per heavy atom. The zero-order valence-electron chi connectivity index (χ0n) is 24.4. The molecular weight excluding hydrogens is 586 g/mol. The van der Waals surface area contributed by atoms with Gasteiger partial charge in [0.05, 0.1) is 23.5 Å². The minimum Gasteiger partial charge on any atom is -0.340 e. The summed E-state index contributed by atoms with van der Waals surface area (Å²) in [5.74, 6) is -0.432. The van der Waals surface area contributed by atoms with Crippen LogP contribution >= 0.6 is 0 Å². The second kappa shape index (κ2) is 9.94. The zero-order chi connectivity index (χ0) is 31.0. The average Bonchev–Trinajstić information content (AvgIpc) is 3.73. The smallest absolute Gasteiger partial charge is 0.243 e.